The SMILES string of the molecule is CCOC1CCC(n2cc(NC(=O)c3csc(-c4cnn(C[PH+]=O)c4)n3)c(-c3nc(F)ccc3F)n2)CC1. The van der Waals surface area contributed by atoms with Crippen molar-refractivity contribution in [3.8, 4) is 22.0 Å². The molecule has 0 saturated heterocycles. The minimum Gasteiger partial charge on any atom is -0.379 e. The summed E-state index contributed by atoms with van der Waals surface area (Å²) in [6.45, 7) is 2.62. The summed E-state index contributed by atoms with van der Waals surface area (Å²) in [6, 6.07) is 1.93. The van der Waals surface area contributed by atoms with Crippen LogP contribution in [0.5, 0.6) is 0 Å². The molecule has 10 nitrogen and oxygen atoms in total. The van der Waals surface area contributed by atoms with Gasteiger partial charge in [-0.3, -0.25) is 9.48 Å². The predicted octanol–water partition coefficient (Wildman–Crippen LogP) is 5.30. The summed E-state index contributed by atoms with van der Waals surface area (Å²) in [5.74, 6) is -2.13. The van der Waals surface area contributed by atoms with Crippen molar-refractivity contribution >= 4 is 31.4 Å². The highest BCUT2D eigenvalue weighted by molar-refractivity contribution is 7.22. The minimum absolute atomic E-state index is 0.0184. The van der Waals surface area contributed by atoms with E-state index in [9.17, 15) is 18.1 Å². The smallest absolute Gasteiger partial charge is 0.348 e. The van der Waals surface area contributed by atoms with Crippen molar-refractivity contribution in [1.29, 1.82) is 0 Å². The molecule has 0 aliphatic heterocycles. The Hall–Kier alpha value is -3.41. The zero-order valence-corrected chi connectivity index (χ0v) is 22.3. The van der Waals surface area contributed by atoms with Crippen LogP contribution in [0.4, 0.5) is 14.5 Å². The summed E-state index contributed by atoms with van der Waals surface area (Å²) in [5, 5.41) is 13.6. The summed E-state index contributed by atoms with van der Waals surface area (Å²) >= 11 is 1.25. The van der Waals surface area contributed by atoms with Gasteiger partial charge in [0.05, 0.1) is 24.0 Å². The molecule has 1 aliphatic carbocycles. The van der Waals surface area contributed by atoms with E-state index in [1.165, 1.54) is 16.0 Å². The van der Waals surface area contributed by atoms with Gasteiger partial charge in [-0.25, -0.2) is 19.0 Å². The highest BCUT2D eigenvalue weighted by atomic mass is 32.1. The monoisotopic (exact) mass is 560 g/mol. The van der Waals surface area contributed by atoms with Crippen LogP contribution in [-0.4, -0.2) is 48.1 Å². The number of hydrogen-bond donors (Lipinski definition) is 1. The van der Waals surface area contributed by atoms with E-state index in [1.54, 1.807) is 28.7 Å². The zero-order valence-electron chi connectivity index (χ0n) is 20.4. The van der Waals surface area contributed by atoms with Gasteiger partial charge in [0.1, 0.15) is 22.1 Å². The molecule has 38 heavy (non-hydrogen) atoms. The van der Waals surface area contributed by atoms with E-state index in [2.05, 4.69) is 25.5 Å². The zero-order chi connectivity index (χ0) is 26.6. The van der Waals surface area contributed by atoms with E-state index < -0.39 is 26.1 Å². The molecule has 198 valence electrons. The molecule has 0 bridgehead atoms. The van der Waals surface area contributed by atoms with Gasteiger partial charge in [0.25, 0.3) is 5.91 Å². The molecule has 1 aliphatic rings. The van der Waals surface area contributed by atoms with Crippen molar-refractivity contribution in [2.75, 3.05) is 11.9 Å². The van der Waals surface area contributed by atoms with E-state index in [0.29, 0.717) is 17.2 Å². The Morgan fingerprint density at radius 1 is 1.18 bits per heavy atom. The summed E-state index contributed by atoms with van der Waals surface area (Å²) in [6.07, 6.45) is 8.69. The number of rotatable bonds is 9. The Balaban J connectivity index is 1.41. The lowest BCUT2D eigenvalue weighted by molar-refractivity contribution is 0.0260. The van der Waals surface area contributed by atoms with Crippen LogP contribution in [0.2, 0.25) is 0 Å². The van der Waals surface area contributed by atoms with Crippen molar-refractivity contribution in [2.45, 2.75) is 51.0 Å². The van der Waals surface area contributed by atoms with E-state index in [0.717, 1.165) is 37.8 Å². The lowest BCUT2D eigenvalue weighted by Crippen LogP contribution is -2.24. The van der Waals surface area contributed by atoms with E-state index in [4.69, 9.17) is 4.74 Å². The second-order valence-electron chi connectivity index (χ2n) is 8.78. The van der Waals surface area contributed by atoms with Gasteiger partial charge in [-0.05, 0) is 44.7 Å². The van der Waals surface area contributed by atoms with Crippen LogP contribution in [0, 0.1) is 11.8 Å². The number of nitrogens with one attached hydrogen (secondary N) is 1. The van der Waals surface area contributed by atoms with Gasteiger partial charge < -0.3 is 10.1 Å². The minimum atomic E-state index is -0.854. The van der Waals surface area contributed by atoms with Crippen molar-refractivity contribution in [3.63, 3.8) is 0 Å². The van der Waals surface area contributed by atoms with Crippen LogP contribution in [0.15, 0.2) is 36.1 Å². The Morgan fingerprint density at radius 2 is 2.00 bits per heavy atom. The molecule has 5 rings (SSSR count). The standard InChI is InChI=1S/C24H24F2N7O3PS/c1-2-36-16-5-3-15(4-6-16)33-11-18(22(31-33)21-17(25)7-8-20(26)30-21)28-23(34)19-12-38-24(29-19)14-9-27-32(10-14)13-37-35/h7-12,15-16H,2-6,13H2,1H3,(H,28,34)/p+1. The summed E-state index contributed by atoms with van der Waals surface area (Å²) in [7, 11) is -0.522. The first-order valence-corrected chi connectivity index (χ1v) is 14.1. The number of amides is 1. The third-order valence-electron chi connectivity index (χ3n) is 6.28. The highest BCUT2D eigenvalue weighted by Crippen LogP contribution is 2.34. The number of carbonyl (C=O) groups is 1. The number of carbonyl (C=O) groups excluding carboxylic acids is 1. The van der Waals surface area contributed by atoms with E-state index in [1.807, 2.05) is 6.92 Å². The topological polar surface area (TPSA) is 117 Å². The van der Waals surface area contributed by atoms with E-state index >= 15 is 0 Å². The van der Waals surface area contributed by atoms with E-state index in [-0.39, 0.29) is 41.2 Å². The molecule has 4 aromatic rings. The molecule has 1 N–H and O–H groups in total. The van der Waals surface area contributed by atoms with Crippen LogP contribution in [0.1, 0.15) is 49.1 Å². The molecule has 1 atom stereocenters. The molecule has 1 unspecified atom stereocenters. The van der Waals surface area contributed by atoms with Crippen molar-refractivity contribution < 1.29 is 22.9 Å². The molecule has 4 heterocycles. The number of aromatic nitrogens is 6. The van der Waals surface area contributed by atoms with Gasteiger partial charge in [0.15, 0.2) is 5.82 Å². The number of anilines is 1. The largest absolute Gasteiger partial charge is 0.379 e. The Bertz CT molecular complexity index is 1450. The second kappa shape index (κ2) is 11.5. The molecule has 14 heteroatoms. The average Bonchev–Trinajstić information content (AvgIpc) is 3.66. The molecule has 1 saturated carbocycles. The fourth-order valence-electron chi connectivity index (χ4n) is 4.47. The van der Waals surface area contributed by atoms with Crippen molar-refractivity contribution in [3.05, 3.63) is 53.6 Å². The van der Waals surface area contributed by atoms with Gasteiger partial charge in [0, 0.05) is 29.9 Å². The van der Waals surface area contributed by atoms with Gasteiger partial charge in [-0.2, -0.15) is 14.6 Å². The molecular formula is C24H25F2N7O3PS+. The van der Waals surface area contributed by atoms with Gasteiger partial charge in [0.2, 0.25) is 12.2 Å². The first-order valence-electron chi connectivity index (χ1n) is 12.1. The lowest BCUT2D eigenvalue weighted by Gasteiger charge is -2.28. The molecule has 0 aromatic carbocycles. The van der Waals surface area contributed by atoms with Crippen LogP contribution in [0.25, 0.3) is 22.0 Å². The number of nitrogens with zero attached hydrogens (tertiary/aromatic N) is 6. The average molecular weight is 561 g/mol. The first kappa shape index (κ1) is 26.2. The third-order valence-corrected chi connectivity index (χ3v) is 7.62. The molecule has 1 amide bonds. The number of thiazole rings is 1. The molecule has 4 aromatic heterocycles. The molecule has 0 spiro atoms. The fourth-order valence-corrected chi connectivity index (χ4v) is 5.55. The number of ether oxygens (including phenoxy) is 1. The Kier molecular flexibility index (Phi) is 7.96. The van der Waals surface area contributed by atoms with Gasteiger partial charge in [-0.15, -0.1) is 11.3 Å². The van der Waals surface area contributed by atoms with Crippen molar-refractivity contribution in [1.82, 2.24) is 29.5 Å². The normalized spacial score (nSPS) is 17.7. The van der Waals surface area contributed by atoms with Gasteiger partial charge >= 0.3 is 8.46 Å². The maximum absolute atomic E-state index is 14.7. The predicted molar refractivity (Wildman–Crippen MR) is 139 cm³/mol. The number of pyridine rings is 1. The summed E-state index contributed by atoms with van der Waals surface area (Å²) < 4.78 is 48.4. The Morgan fingerprint density at radius 3 is 2.76 bits per heavy atom. The Labute approximate surface area is 222 Å². The van der Waals surface area contributed by atoms with Crippen molar-refractivity contribution in [2.24, 2.45) is 0 Å². The fraction of sp³-hybridized carbons (Fsp3) is 0.375. The summed E-state index contributed by atoms with van der Waals surface area (Å²) in [4.78, 5) is 21.2. The highest BCUT2D eigenvalue weighted by Gasteiger charge is 2.27. The third kappa shape index (κ3) is 5.69. The van der Waals surface area contributed by atoms with Crippen LogP contribution in [0.3, 0.4) is 0 Å². The van der Waals surface area contributed by atoms with Crippen LogP contribution >= 0.6 is 19.8 Å². The maximum atomic E-state index is 14.7. The second-order valence-corrected chi connectivity index (χ2v) is 10.2. The molecule has 1 fully saturated rings. The maximum Gasteiger partial charge on any atom is 0.348 e. The molecular weight excluding hydrogens is 535 g/mol. The number of hydrogen-bond acceptors (Lipinski definition) is 8. The van der Waals surface area contributed by atoms with Crippen LogP contribution in [-0.2, 0) is 15.6 Å². The summed E-state index contributed by atoms with van der Waals surface area (Å²) in [5.41, 5.74) is 0.796. The van der Waals surface area contributed by atoms with Crippen LogP contribution < -0.4 is 5.32 Å². The quantitative estimate of drug-likeness (QED) is 0.218. The van der Waals surface area contributed by atoms with Gasteiger partial charge in [-0.1, -0.05) is 4.57 Å². The molecule has 0 radical (unpaired) electrons. The lowest BCUT2D eigenvalue weighted by atomic mass is 9.93. The number of halogens is 2. The first-order chi connectivity index (χ1) is 18.4.